The SMILES string of the molecule is O=C(CNc1ccccc1Oc1ccccc1)NCc1ccccn1. The fourth-order valence-electron chi connectivity index (χ4n) is 2.25. The lowest BCUT2D eigenvalue weighted by atomic mass is 10.3. The standard InChI is InChI=1S/C20H19N3O2/c24-20(23-14-16-8-6-7-13-21-16)15-22-18-11-4-5-12-19(18)25-17-9-2-1-3-10-17/h1-13,22H,14-15H2,(H,23,24). The lowest BCUT2D eigenvalue weighted by molar-refractivity contribution is -0.119. The minimum atomic E-state index is -0.111. The minimum absolute atomic E-state index is 0.111. The Morgan fingerprint density at radius 3 is 2.48 bits per heavy atom. The van der Waals surface area contributed by atoms with E-state index in [0.29, 0.717) is 12.3 Å². The molecule has 0 aliphatic carbocycles. The molecule has 25 heavy (non-hydrogen) atoms. The molecule has 5 nitrogen and oxygen atoms in total. The Bertz CT molecular complexity index is 807. The fraction of sp³-hybridized carbons (Fsp3) is 0.100. The molecular formula is C20H19N3O2. The molecule has 1 aromatic heterocycles. The Kier molecular flexibility index (Phi) is 5.61. The quantitative estimate of drug-likeness (QED) is 0.693. The Labute approximate surface area is 146 Å². The van der Waals surface area contributed by atoms with E-state index in [4.69, 9.17) is 4.74 Å². The molecule has 0 spiro atoms. The Morgan fingerprint density at radius 1 is 0.920 bits per heavy atom. The van der Waals surface area contributed by atoms with Crippen molar-refractivity contribution in [1.29, 1.82) is 0 Å². The maximum absolute atomic E-state index is 12.0. The molecule has 0 unspecified atom stereocenters. The molecule has 0 atom stereocenters. The van der Waals surface area contributed by atoms with E-state index in [9.17, 15) is 4.79 Å². The maximum atomic E-state index is 12.0. The molecule has 0 saturated heterocycles. The summed E-state index contributed by atoms with van der Waals surface area (Å²) in [5, 5.41) is 5.95. The van der Waals surface area contributed by atoms with Crippen LogP contribution in [0, 0.1) is 0 Å². The summed E-state index contributed by atoms with van der Waals surface area (Å²) in [6.45, 7) is 0.561. The van der Waals surface area contributed by atoms with Gasteiger partial charge in [0.05, 0.1) is 24.5 Å². The smallest absolute Gasteiger partial charge is 0.239 e. The van der Waals surface area contributed by atoms with Crippen LogP contribution in [0.15, 0.2) is 79.0 Å². The van der Waals surface area contributed by atoms with Gasteiger partial charge in [-0.1, -0.05) is 36.4 Å². The van der Waals surface area contributed by atoms with Crippen LogP contribution in [0.4, 0.5) is 5.69 Å². The summed E-state index contributed by atoms with van der Waals surface area (Å²) in [5.74, 6) is 1.31. The largest absolute Gasteiger partial charge is 0.455 e. The van der Waals surface area contributed by atoms with E-state index in [2.05, 4.69) is 15.6 Å². The lowest BCUT2D eigenvalue weighted by Gasteiger charge is -2.13. The van der Waals surface area contributed by atoms with Crippen molar-refractivity contribution in [3.8, 4) is 11.5 Å². The number of nitrogens with zero attached hydrogens (tertiary/aromatic N) is 1. The van der Waals surface area contributed by atoms with Crippen molar-refractivity contribution in [2.45, 2.75) is 6.54 Å². The summed E-state index contributed by atoms with van der Waals surface area (Å²) in [6.07, 6.45) is 1.71. The molecule has 5 heteroatoms. The predicted octanol–water partition coefficient (Wildman–Crippen LogP) is 3.60. The number of nitrogens with one attached hydrogen (secondary N) is 2. The van der Waals surface area contributed by atoms with Crippen LogP contribution in [0.3, 0.4) is 0 Å². The van der Waals surface area contributed by atoms with Gasteiger partial charge in [0.2, 0.25) is 5.91 Å². The molecule has 126 valence electrons. The number of hydrogen-bond donors (Lipinski definition) is 2. The summed E-state index contributed by atoms with van der Waals surface area (Å²) in [4.78, 5) is 16.2. The summed E-state index contributed by atoms with van der Waals surface area (Å²) < 4.78 is 5.87. The average Bonchev–Trinajstić information content (AvgIpc) is 2.67. The molecule has 0 bridgehead atoms. The van der Waals surface area contributed by atoms with Crippen molar-refractivity contribution in [1.82, 2.24) is 10.3 Å². The van der Waals surface area contributed by atoms with Gasteiger partial charge in [0.25, 0.3) is 0 Å². The molecule has 2 N–H and O–H groups in total. The molecule has 0 saturated carbocycles. The third kappa shape index (κ3) is 5.07. The lowest BCUT2D eigenvalue weighted by Crippen LogP contribution is -2.29. The Hall–Kier alpha value is -3.34. The third-order valence-corrected chi connectivity index (χ3v) is 3.49. The number of anilines is 1. The van der Waals surface area contributed by atoms with Gasteiger partial charge in [-0.2, -0.15) is 0 Å². The molecule has 2 aromatic carbocycles. The number of benzene rings is 2. The zero-order valence-electron chi connectivity index (χ0n) is 13.7. The van der Waals surface area contributed by atoms with Crippen LogP contribution in [0.5, 0.6) is 11.5 Å². The normalized spacial score (nSPS) is 10.1. The van der Waals surface area contributed by atoms with E-state index in [1.54, 1.807) is 6.20 Å². The molecule has 0 radical (unpaired) electrons. The maximum Gasteiger partial charge on any atom is 0.239 e. The number of pyridine rings is 1. The van der Waals surface area contributed by atoms with Crippen LogP contribution in [0.1, 0.15) is 5.69 Å². The second-order valence-corrected chi connectivity index (χ2v) is 5.36. The molecule has 3 rings (SSSR count). The molecule has 1 amide bonds. The number of carbonyl (C=O) groups is 1. The van der Waals surface area contributed by atoms with Crippen molar-refractivity contribution < 1.29 is 9.53 Å². The second kappa shape index (κ2) is 8.49. The zero-order chi connectivity index (χ0) is 17.3. The van der Waals surface area contributed by atoms with Gasteiger partial charge in [-0.05, 0) is 36.4 Å². The summed E-state index contributed by atoms with van der Waals surface area (Å²) >= 11 is 0. The second-order valence-electron chi connectivity index (χ2n) is 5.36. The van der Waals surface area contributed by atoms with Crippen LogP contribution < -0.4 is 15.4 Å². The number of rotatable bonds is 7. The van der Waals surface area contributed by atoms with E-state index in [1.165, 1.54) is 0 Å². The van der Waals surface area contributed by atoms with E-state index in [0.717, 1.165) is 17.1 Å². The highest BCUT2D eigenvalue weighted by molar-refractivity contribution is 5.81. The highest BCUT2D eigenvalue weighted by Gasteiger charge is 2.07. The molecule has 0 aliphatic rings. The summed E-state index contributed by atoms with van der Waals surface area (Å²) in [7, 11) is 0. The summed E-state index contributed by atoms with van der Waals surface area (Å²) in [5.41, 5.74) is 1.59. The van der Waals surface area contributed by atoms with E-state index < -0.39 is 0 Å². The minimum Gasteiger partial charge on any atom is -0.455 e. The van der Waals surface area contributed by atoms with Gasteiger partial charge < -0.3 is 15.4 Å². The van der Waals surface area contributed by atoms with Crippen molar-refractivity contribution in [3.63, 3.8) is 0 Å². The monoisotopic (exact) mass is 333 g/mol. The highest BCUT2D eigenvalue weighted by Crippen LogP contribution is 2.28. The van der Waals surface area contributed by atoms with Crippen LogP contribution in [0.25, 0.3) is 0 Å². The number of ether oxygens (including phenoxy) is 1. The van der Waals surface area contributed by atoms with Gasteiger partial charge >= 0.3 is 0 Å². The van der Waals surface area contributed by atoms with Crippen molar-refractivity contribution in [2.75, 3.05) is 11.9 Å². The molecule has 0 fully saturated rings. The predicted molar refractivity (Wildman–Crippen MR) is 97.5 cm³/mol. The van der Waals surface area contributed by atoms with Gasteiger partial charge in [0, 0.05) is 6.20 Å². The van der Waals surface area contributed by atoms with E-state index >= 15 is 0 Å². The van der Waals surface area contributed by atoms with Crippen LogP contribution >= 0.6 is 0 Å². The van der Waals surface area contributed by atoms with Crippen LogP contribution in [-0.4, -0.2) is 17.4 Å². The Morgan fingerprint density at radius 2 is 1.68 bits per heavy atom. The van der Waals surface area contributed by atoms with Gasteiger partial charge in [0.1, 0.15) is 5.75 Å². The zero-order valence-corrected chi connectivity index (χ0v) is 13.7. The number of para-hydroxylation sites is 3. The van der Waals surface area contributed by atoms with Crippen LogP contribution in [-0.2, 0) is 11.3 Å². The number of hydrogen-bond acceptors (Lipinski definition) is 4. The van der Waals surface area contributed by atoms with Gasteiger partial charge in [0.15, 0.2) is 5.75 Å². The first-order valence-corrected chi connectivity index (χ1v) is 8.04. The first-order valence-electron chi connectivity index (χ1n) is 8.04. The Balaban J connectivity index is 1.55. The van der Waals surface area contributed by atoms with Gasteiger partial charge in [-0.15, -0.1) is 0 Å². The number of amides is 1. The van der Waals surface area contributed by atoms with Crippen molar-refractivity contribution in [2.24, 2.45) is 0 Å². The number of aromatic nitrogens is 1. The first-order chi connectivity index (χ1) is 12.3. The molecular weight excluding hydrogens is 314 g/mol. The molecule has 1 heterocycles. The first kappa shape index (κ1) is 16.5. The fourth-order valence-corrected chi connectivity index (χ4v) is 2.25. The molecule has 0 aliphatic heterocycles. The highest BCUT2D eigenvalue weighted by atomic mass is 16.5. The van der Waals surface area contributed by atoms with E-state index in [-0.39, 0.29) is 12.5 Å². The van der Waals surface area contributed by atoms with Crippen molar-refractivity contribution >= 4 is 11.6 Å². The van der Waals surface area contributed by atoms with Gasteiger partial charge in [-0.25, -0.2) is 0 Å². The summed E-state index contributed by atoms with van der Waals surface area (Å²) in [6, 6.07) is 22.7. The third-order valence-electron chi connectivity index (χ3n) is 3.49. The molecule has 3 aromatic rings. The van der Waals surface area contributed by atoms with E-state index in [1.807, 2.05) is 72.8 Å². The average molecular weight is 333 g/mol. The van der Waals surface area contributed by atoms with Gasteiger partial charge in [-0.3, -0.25) is 9.78 Å². The van der Waals surface area contributed by atoms with Crippen LogP contribution in [0.2, 0.25) is 0 Å². The number of carbonyl (C=O) groups excluding carboxylic acids is 1. The topological polar surface area (TPSA) is 63.2 Å². The van der Waals surface area contributed by atoms with Crippen molar-refractivity contribution in [3.05, 3.63) is 84.7 Å².